The monoisotopic (exact) mass is 168 g/mol. The Morgan fingerprint density at radius 3 is 2.09 bits per heavy atom. The van der Waals surface area contributed by atoms with Gasteiger partial charge >= 0.3 is 18.1 Å². The zero-order chi connectivity index (χ0) is 8.65. The summed E-state index contributed by atoms with van der Waals surface area (Å²) in [6.45, 7) is 0. The maximum atomic E-state index is 11.7. The Kier molecular flexibility index (Phi) is 1.62. The van der Waals surface area contributed by atoms with Crippen molar-refractivity contribution in [3.63, 3.8) is 0 Å². The molecule has 0 N–H and O–H groups in total. The molecule has 1 atom stereocenters. The molecule has 0 aliphatic carbocycles. The van der Waals surface area contributed by atoms with Gasteiger partial charge in [0, 0.05) is 0 Å². The fourth-order valence-electron chi connectivity index (χ4n) is 0.724. The predicted octanol–water partition coefficient (Wildman–Crippen LogP) is 0.638. The molecule has 11 heavy (non-hydrogen) atoms. The zero-order valence-corrected chi connectivity index (χ0v) is 5.14. The van der Waals surface area contributed by atoms with Crippen LogP contribution < -0.4 is 0 Å². The summed E-state index contributed by atoms with van der Waals surface area (Å²) < 4.78 is 38.9. The maximum Gasteiger partial charge on any atom is 0.402 e. The van der Waals surface area contributed by atoms with Crippen LogP contribution in [0.4, 0.5) is 13.2 Å². The van der Waals surface area contributed by atoms with E-state index in [0.717, 1.165) is 0 Å². The highest BCUT2D eigenvalue weighted by Gasteiger charge is 2.51. The zero-order valence-electron chi connectivity index (χ0n) is 5.14. The second kappa shape index (κ2) is 2.21. The van der Waals surface area contributed by atoms with Crippen molar-refractivity contribution in [1.82, 2.24) is 0 Å². The van der Waals surface area contributed by atoms with Gasteiger partial charge in [-0.05, 0) is 0 Å². The molecule has 0 aromatic carbocycles. The lowest BCUT2D eigenvalue weighted by Gasteiger charge is -2.07. The number of cyclic esters (lactones) is 2. The number of ether oxygens (including phenoxy) is 1. The van der Waals surface area contributed by atoms with Gasteiger partial charge in [-0.2, -0.15) is 13.2 Å². The van der Waals surface area contributed by atoms with Crippen LogP contribution in [0, 0.1) is 5.92 Å². The van der Waals surface area contributed by atoms with Gasteiger partial charge in [0.15, 0.2) is 5.92 Å². The minimum Gasteiger partial charge on any atom is -0.393 e. The number of carbonyl (C=O) groups is 2. The fraction of sp³-hybridized carbons (Fsp3) is 0.600. The Morgan fingerprint density at radius 2 is 1.91 bits per heavy atom. The molecule has 0 aromatic rings. The van der Waals surface area contributed by atoms with E-state index >= 15 is 0 Å². The lowest BCUT2D eigenvalue weighted by molar-refractivity contribution is -0.185. The van der Waals surface area contributed by atoms with Crippen molar-refractivity contribution < 1.29 is 27.5 Å². The molecule has 62 valence electrons. The smallest absolute Gasteiger partial charge is 0.393 e. The second-order valence-corrected chi connectivity index (χ2v) is 2.09. The van der Waals surface area contributed by atoms with E-state index < -0.39 is 30.5 Å². The summed E-state index contributed by atoms with van der Waals surface area (Å²) in [5.74, 6) is -4.87. The normalized spacial score (nSPS) is 25.5. The van der Waals surface area contributed by atoms with Gasteiger partial charge < -0.3 is 4.74 Å². The Labute approximate surface area is 59.1 Å². The summed E-state index contributed by atoms with van der Waals surface area (Å²) >= 11 is 0. The lowest BCUT2D eigenvalue weighted by atomic mass is 10.1. The van der Waals surface area contributed by atoms with Crippen molar-refractivity contribution in [2.24, 2.45) is 5.92 Å². The number of hydrogen-bond acceptors (Lipinski definition) is 3. The molecule has 0 saturated carbocycles. The largest absolute Gasteiger partial charge is 0.402 e. The summed E-state index contributed by atoms with van der Waals surface area (Å²) in [5, 5.41) is 0. The molecule has 6 heteroatoms. The Morgan fingerprint density at radius 1 is 1.36 bits per heavy atom. The van der Waals surface area contributed by atoms with Crippen molar-refractivity contribution in [1.29, 1.82) is 0 Å². The van der Waals surface area contributed by atoms with Gasteiger partial charge in [-0.3, -0.25) is 9.59 Å². The van der Waals surface area contributed by atoms with E-state index in [2.05, 4.69) is 4.74 Å². The quantitative estimate of drug-likeness (QED) is 0.393. The molecule has 0 radical (unpaired) electrons. The van der Waals surface area contributed by atoms with Crippen LogP contribution in [-0.4, -0.2) is 18.1 Å². The molecule has 1 saturated heterocycles. The van der Waals surface area contributed by atoms with E-state index in [9.17, 15) is 22.8 Å². The highest BCUT2D eigenvalue weighted by molar-refractivity contribution is 5.95. The SMILES string of the molecule is O=C1C[C@@H](C(F)(F)F)C(=O)O1. The van der Waals surface area contributed by atoms with Crippen LogP contribution in [0.3, 0.4) is 0 Å². The summed E-state index contributed by atoms with van der Waals surface area (Å²) in [5.41, 5.74) is 0. The third-order valence-corrected chi connectivity index (χ3v) is 1.26. The molecule has 3 nitrogen and oxygen atoms in total. The minimum atomic E-state index is -4.66. The maximum absolute atomic E-state index is 11.7. The summed E-state index contributed by atoms with van der Waals surface area (Å²) in [7, 11) is 0. The second-order valence-electron chi connectivity index (χ2n) is 2.09. The molecule has 0 aromatic heterocycles. The van der Waals surface area contributed by atoms with Gasteiger partial charge in [-0.15, -0.1) is 0 Å². The van der Waals surface area contributed by atoms with E-state index in [1.807, 2.05) is 0 Å². The van der Waals surface area contributed by atoms with Crippen molar-refractivity contribution in [2.45, 2.75) is 12.6 Å². The molecule has 1 rings (SSSR count). The first-order chi connectivity index (χ1) is 4.91. The standard InChI is InChI=1S/C5H3F3O3/c6-5(7,8)2-1-3(9)11-4(2)10/h2H,1H2/t2-/m1/s1. The first-order valence-corrected chi connectivity index (χ1v) is 2.72. The van der Waals surface area contributed by atoms with E-state index in [1.165, 1.54) is 0 Å². The number of carbonyl (C=O) groups excluding carboxylic acids is 2. The van der Waals surface area contributed by atoms with Gasteiger partial charge in [0.05, 0.1) is 6.42 Å². The van der Waals surface area contributed by atoms with Crippen LogP contribution in [0.25, 0.3) is 0 Å². The van der Waals surface area contributed by atoms with Crippen LogP contribution >= 0.6 is 0 Å². The number of rotatable bonds is 0. The molecule has 1 aliphatic rings. The summed E-state index contributed by atoms with van der Waals surface area (Å²) in [6, 6.07) is 0. The van der Waals surface area contributed by atoms with Gasteiger partial charge in [0.2, 0.25) is 0 Å². The summed E-state index contributed by atoms with van der Waals surface area (Å²) in [6.07, 6.45) is -5.55. The van der Waals surface area contributed by atoms with Gasteiger partial charge in [-0.1, -0.05) is 0 Å². The van der Waals surface area contributed by atoms with Crippen molar-refractivity contribution in [3.05, 3.63) is 0 Å². The highest BCUT2D eigenvalue weighted by Crippen LogP contribution is 2.33. The summed E-state index contributed by atoms with van der Waals surface area (Å²) in [4.78, 5) is 20.4. The number of esters is 2. The molecule has 0 spiro atoms. The third kappa shape index (κ3) is 1.50. The average molecular weight is 168 g/mol. The van der Waals surface area contributed by atoms with Crippen LogP contribution in [0.5, 0.6) is 0 Å². The number of alkyl halides is 3. The van der Waals surface area contributed by atoms with Crippen molar-refractivity contribution >= 4 is 11.9 Å². The van der Waals surface area contributed by atoms with Crippen LogP contribution in [0.15, 0.2) is 0 Å². The van der Waals surface area contributed by atoms with E-state index in [0.29, 0.717) is 0 Å². The van der Waals surface area contributed by atoms with Gasteiger partial charge in [-0.25, -0.2) is 0 Å². The van der Waals surface area contributed by atoms with E-state index in [-0.39, 0.29) is 0 Å². The number of hydrogen-bond donors (Lipinski definition) is 0. The average Bonchev–Trinajstić information content (AvgIpc) is 2.08. The topological polar surface area (TPSA) is 43.4 Å². The predicted molar refractivity (Wildman–Crippen MR) is 25.3 cm³/mol. The Hall–Kier alpha value is -1.07. The molecule has 0 unspecified atom stereocenters. The van der Waals surface area contributed by atoms with Crippen molar-refractivity contribution in [3.8, 4) is 0 Å². The molecule has 1 aliphatic heterocycles. The molecule has 0 amide bonds. The molecule has 1 fully saturated rings. The Bertz CT molecular complexity index is 208. The highest BCUT2D eigenvalue weighted by atomic mass is 19.4. The third-order valence-electron chi connectivity index (χ3n) is 1.26. The first kappa shape index (κ1) is 8.03. The van der Waals surface area contributed by atoms with E-state index in [1.54, 1.807) is 0 Å². The number of halogens is 3. The van der Waals surface area contributed by atoms with Gasteiger partial charge in [0.25, 0.3) is 0 Å². The molecular formula is C5H3F3O3. The first-order valence-electron chi connectivity index (χ1n) is 2.72. The van der Waals surface area contributed by atoms with Crippen LogP contribution in [0.2, 0.25) is 0 Å². The molecular weight excluding hydrogens is 165 g/mol. The van der Waals surface area contributed by atoms with Crippen LogP contribution in [0.1, 0.15) is 6.42 Å². The minimum absolute atomic E-state index is 0.887. The molecule has 1 heterocycles. The lowest BCUT2D eigenvalue weighted by Crippen LogP contribution is -2.26. The van der Waals surface area contributed by atoms with E-state index in [4.69, 9.17) is 0 Å². The fourth-order valence-corrected chi connectivity index (χ4v) is 0.724. The van der Waals surface area contributed by atoms with Crippen LogP contribution in [-0.2, 0) is 14.3 Å². The Balaban J connectivity index is 2.76. The van der Waals surface area contributed by atoms with Gasteiger partial charge in [0.1, 0.15) is 0 Å². The molecule has 0 bridgehead atoms. The van der Waals surface area contributed by atoms with Crippen molar-refractivity contribution in [2.75, 3.05) is 0 Å².